The molecule has 1 heterocycles. The van der Waals surface area contributed by atoms with Gasteiger partial charge in [-0.05, 0) is 30.7 Å². The van der Waals surface area contributed by atoms with Gasteiger partial charge in [0.2, 0.25) is 10.0 Å². The maximum atomic E-state index is 12.0. The summed E-state index contributed by atoms with van der Waals surface area (Å²) in [7, 11) is -3.63. The highest BCUT2D eigenvalue weighted by Crippen LogP contribution is 2.14. The van der Waals surface area contributed by atoms with Crippen LogP contribution in [0.5, 0.6) is 0 Å². The number of sulfonamides is 1. The Morgan fingerprint density at radius 1 is 1.47 bits per heavy atom. The number of H-pyrrole nitrogens is 1. The Labute approximate surface area is 110 Å². The Bertz CT molecular complexity index is 716. The van der Waals surface area contributed by atoms with Gasteiger partial charge in [-0.1, -0.05) is 0 Å². The van der Waals surface area contributed by atoms with Gasteiger partial charge in [-0.2, -0.15) is 10.4 Å². The fourth-order valence-electron chi connectivity index (χ4n) is 1.49. The summed E-state index contributed by atoms with van der Waals surface area (Å²) in [6.45, 7) is 1.72. The second-order valence-corrected chi connectivity index (χ2v) is 5.61. The van der Waals surface area contributed by atoms with E-state index in [0.717, 1.165) is 0 Å². The Hall–Kier alpha value is -2.24. The van der Waals surface area contributed by atoms with Crippen LogP contribution in [0, 0.1) is 18.3 Å². The van der Waals surface area contributed by atoms with Crippen molar-refractivity contribution in [1.82, 2.24) is 19.9 Å². The second-order valence-electron chi connectivity index (χ2n) is 3.85. The minimum atomic E-state index is -3.63. The Morgan fingerprint density at radius 3 is 2.84 bits per heavy atom. The number of aromatic amines is 1. The molecule has 0 aliphatic rings. The number of aryl methyl sites for hydroxylation is 1. The summed E-state index contributed by atoms with van der Waals surface area (Å²) >= 11 is 0. The third-order valence-corrected chi connectivity index (χ3v) is 3.92. The third kappa shape index (κ3) is 2.96. The molecule has 0 radical (unpaired) electrons. The summed E-state index contributed by atoms with van der Waals surface area (Å²) in [5.41, 5.74) is 1.07. The monoisotopic (exact) mass is 277 g/mol. The van der Waals surface area contributed by atoms with Crippen molar-refractivity contribution >= 4 is 10.0 Å². The van der Waals surface area contributed by atoms with Crippen LogP contribution in [-0.4, -0.2) is 23.6 Å². The number of nitrogens with zero attached hydrogens (tertiary/aromatic N) is 3. The quantitative estimate of drug-likeness (QED) is 0.843. The summed E-state index contributed by atoms with van der Waals surface area (Å²) in [5, 5.41) is 15.0. The molecule has 0 fully saturated rings. The van der Waals surface area contributed by atoms with E-state index in [4.69, 9.17) is 5.26 Å². The van der Waals surface area contributed by atoms with Crippen LogP contribution in [0.25, 0.3) is 0 Å². The van der Waals surface area contributed by atoms with Crippen LogP contribution < -0.4 is 4.72 Å². The van der Waals surface area contributed by atoms with Crippen molar-refractivity contribution < 1.29 is 8.42 Å². The normalized spacial score (nSPS) is 11.2. The molecule has 2 aromatic rings. The lowest BCUT2D eigenvalue weighted by atomic mass is 10.1. The first-order chi connectivity index (χ1) is 9.03. The lowest BCUT2D eigenvalue weighted by Gasteiger charge is -2.06. The topological polar surface area (TPSA) is 112 Å². The largest absolute Gasteiger partial charge is 0.262 e. The molecule has 0 amide bonds. The van der Waals surface area contributed by atoms with Gasteiger partial charge in [-0.3, -0.25) is 5.10 Å². The van der Waals surface area contributed by atoms with Crippen LogP contribution >= 0.6 is 0 Å². The molecule has 1 aromatic heterocycles. The zero-order valence-electron chi connectivity index (χ0n) is 10.1. The van der Waals surface area contributed by atoms with Gasteiger partial charge in [0, 0.05) is 0 Å². The average molecular weight is 277 g/mol. The van der Waals surface area contributed by atoms with E-state index in [1.54, 1.807) is 6.92 Å². The fourth-order valence-corrected chi connectivity index (χ4v) is 2.56. The minimum absolute atomic E-state index is 0.0291. The highest BCUT2D eigenvalue weighted by atomic mass is 32.2. The molecule has 1 aromatic carbocycles. The number of hydrogen-bond acceptors (Lipinski definition) is 5. The lowest BCUT2D eigenvalue weighted by molar-refractivity contribution is 0.579. The number of hydrogen-bond donors (Lipinski definition) is 2. The Morgan fingerprint density at radius 2 is 2.26 bits per heavy atom. The molecule has 0 saturated carbocycles. The van der Waals surface area contributed by atoms with Gasteiger partial charge < -0.3 is 0 Å². The standard InChI is InChI=1S/C11H11N5O2S/c1-8-4-10(3-2-9(8)5-12)19(17,18)15-6-11-13-7-14-16-11/h2-4,7,15H,6H2,1H3,(H,13,14,16). The summed E-state index contributed by atoms with van der Waals surface area (Å²) in [5.74, 6) is 0.425. The Kier molecular flexibility index (Phi) is 3.59. The van der Waals surface area contributed by atoms with Gasteiger partial charge in [0.15, 0.2) is 0 Å². The van der Waals surface area contributed by atoms with Gasteiger partial charge in [0.1, 0.15) is 12.2 Å². The molecular weight excluding hydrogens is 266 g/mol. The van der Waals surface area contributed by atoms with Gasteiger partial charge in [0.25, 0.3) is 0 Å². The van der Waals surface area contributed by atoms with Gasteiger partial charge >= 0.3 is 0 Å². The highest BCUT2D eigenvalue weighted by molar-refractivity contribution is 7.89. The molecule has 0 spiro atoms. The number of rotatable bonds is 4. The maximum Gasteiger partial charge on any atom is 0.240 e. The first kappa shape index (κ1) is 13.2. The maximum absolute atomic E-state index is 12.0. The van der Waals surface area contributed by atoms with Crippen LogP contribution in [0.3, 0.4) is 0 Å². The molecule has 0 saturated heterocycles. The summed E-state index contributed by atoms with van der Waals surface area (Å²) in [6, 6.07) is 6.33. The molecule has 0 atom stereocenters. The van der Waals surface area contributed by atoms with Crippen molar-refractivity contribution in [1.29, 1.82) is 5.26 Å². The molecule has 7 nitrogen and oxygen atoms in total. The molecule has 0 aliphatic heterocycles. The van der Waals surface area contributed by atoms with E-state index in [1.165, 1.54) is 24.5 Å². The zero-order chi connectivity index (χ0) is 13.9. The van der Waals surface area contributed by atoms with E-state index >= 15 is 0 Å². The Balaban J connectivity index is 2.20. The number of nitrogens with one attached hydrogen (secondary N) is 2. The van der Waals surface area contributed by atoms with Crippen molar-refractivity contribution in [3.8, 4) is 6.07 Å². The van der Waals surface area contributed by atoms with Crippen molar-refractivity contribution in [2.45, 2.75) is 18.4 Å². The molecular formula is C11H11N5O2S. The predicted molar refractivity (Wildman–Crippen MR) is 66.3 cm³/mol. The summed E-state index contributed by atoms with van der Waals surface area (Å²) < 4.78 is 26.4. The average Bonchev–Trinajstić information content (AvgIpc) is 2.89. The van der Waals surface area contributed by atoms with Crippen LogP contribution in [0.1, 0.15) is 17.0 Å². The van der Waals surface area contributed by atoms with E-state index < -0.39 is 10.0 Å². The molecule has 0 aliphatic carbocycles. The summed E-state index contributed by atoms with van der Waals surface area (Å²) in [4.78, 5) is 3.94. The van der Waals surface area contributed by atoms with Crippen LogP contribution in [-0.2, 0) is 16.6 Å². The van der Waals surface area contributed by atoms with Crippen molar-refractivity contribution in [2.75, 3.05) is 0 Å². The highest BCUT2D eigenvalue weighted by Gasteiger charge is 2.15. The first-order valence-electron chi connectivity index (χ1n) is 5.37. The number of aromatic nitrogens is 3. The molecule has 0 bridgehead atoms. The van der Waals surface area contributed by atoms with E-state index in [9.17, 15) is 8.42 Å². The van der Waals surface area contributed by atoms with Gasteiger partial charge in [-0.25, -0.2) is 18.1 Å². The van der Waals surface area contributed by atoms with Crippen molar-refractivity contribution in [2.24, 2.45) is 0 Å². The second kappa shape index (κ2) is 5.17. The molecule has 2 N–H and O–H groups in total. The van der Waals surface area contributed by atoms with E-state index in [0.29, 0.717) is 17.0 Å². The van der Waals surface area contributed by atoms with Crippen molar-refractivity contribution in [3.63, 3.8) is 0 Å². The molecule has 8 heteroatoms. The SMILES string of the molecule is Cc1cc(S(=O)(=O)NCc2ncn[nH]2)ccc1C#N. The smallest absolute Gasteiger partial charge is 0.240 e. The minimum Gasteiger partial charge on any atom is -0.262 e. The number of nitriles is 1. The van der Waals surface area contributed by atoms with Crippen LogP contribution in [0.2, 0.25) is 0 Å². The first-order valence-corrected chi connectivity index (χ1v) is 6.86. The van der Waals surface area contributed by atoms with Crippen LogP contribution in [0.4, 0.5) is 0 Å². The molecule has 98 valence electrons. The predicted octanol–water partition coefficient (Wildman–Crippen LogP) is 0.463. The van der Waals surface area contributed by atoms with E-state index in [-0.39, 0.29) is 11.4 Å². The molecule has 0 unspecified atom stereocenters. The van der Waals surface area contributed by atoms with Crippen LogP contribution in [0.15, 0.2) is 29.4 Å². The third-order valence-electron chi connectivity index (χ3n) is 2.52. The van der Waals surface area contributed by atoms with E-state index in [1.807, 2.05) is 6.07 Å². The summed E-state index contributed by atoms with van der Waals surface area (Å²) in [6.07, 6.45) is 1.30. The van der Waals surface area contributed by atoms with E-state index in [2.05, 4.69) is 19.9 Å². The van der Waals surface area contributed by atoms with Crippen molar-refractivity contribution in [3.05, 3.63) is 41.5 Å². The fraction of sp³-hybridized carbons (Fsp3) is 0.182. The zero-order valence-corrected chi connectivity index (χ0v) is 10.9. The van der Waals surface area contributed by atoms with Gasteiger partial charge in [-0.15, -0.1) is 0 Å². The molecule has 2 rings (SSSR count). The molecule has 19 heavy (non-hydrogen) atoms. The van der Waals surface area contributed by atoms with Gasteiger partial charge in [0.05, 0.1) is 23.1 Å². The number of benzene rings is 1. The lowest BCUT2D eigenvalue weighted by Crippen LogP contribution is -2.24.